The van der Waals surface area contributed by atoms with Gasteiger partial charge < -0.3 is 4.74 Å². The second kappa shape index (κ2) is 5.48. The van der Waals surface area contributed by atoms with Gasteiger partial charge in [-0.2, -0.15) is 0 Å². The summed E-state index contributed by atoms with van der Waals surface area (Å²) >= 11 is 9.16. The molecule has 0 fully saturated rings. The van der Waals surface area contributed by atoms with Crippen molar-refractivity contribution in [1.29, 1.82) is 0 Å². The molecule has 0 bridgehead atoms. The van der Waals surface area contributed by atoms with Crippen LogP contribution in [0.2, 0.25) is 5.02 Å². The molecule has 0 spiro atoms. The van der Waals surface area contributed by atoms with E-state index in [-0.39, 0.29) is 16.4 Å². The van der Waals surface area contributed by atoms with E-state index in [1.165, 1.54) is 12.1 Å². The third-order valence-corrected chi connectivity index (χ3v) is 5.69. The summed E-state index contributed by atoms with van der Waals surface area (Å²) < 4.78 is 31.6. The first-order valence-electron chi connectivity index (χ1n) is 6.10. The number of sulfone groups is 1. The minimum absolute atomic E-state index is 0.0274. The lowest BCUT2D eigenvalue weighted by molar-refractivity contribution is 0.353. The topological polar surface area (TPSA) is 43.4 Å². The summed E-state index contributed by atoms with van der Waals surface area (Å²) in [5, 5.41) is 0.497. The normalized spacial score (nSPS) is 14.1. The highest BCUT2D eigenvalue weighted by Crippen LogP contribution is 2.32. The summed E-state index contributed by atoms with van der Waals surface area (Å²) in [6.45, 7) is 0.0274. The Labute approximate surface area is 136 Å². The molecule has 2 aromatic rings. The zero-order valence-electron chi connectivity index (χ0n) is 10.7. The molecule has 0 amide bonds. The molecule has 0 radical (unpaired) electrons. The molecule has 6 heteroatoms. The molecule has 1 heterocycles. The van der Waals surface area contributed by atoms with Crippen LogP contribution in [0.25, 0.3) is 6.08 Å². The van der Waals surface area contributed by atoms with Crippen molar-refractivity contribution in [2.75, 3.05) is 6.61 Å². The van der Waals surface area contributed by atoms with Gasteiger partial charge in [-0.05, 0) is 48.5 Å². The van der Waals surface area contributed by atoms with Crippen LogP contribution in [0, 0.1) is 0 Å². The molecular formula is C15H10BrClO3S. The predicted molar refractivity (Wildman–Crippen MR) is 86.3 cm³/mol. The molecule has 3 nitrogen and oxygen atoms in total. The summed E-state index contributed by atoms with van der Waals surface area (Å²) in [5.74, 6) is 0.674. The predicted octanol–water partition coefficient (Wildman–Crippen LogP) is 4.31. The second-order valence-corrected chi connectivity index (χ2v) is 7.89. The number of halogens is 2. The summed E-state index contributed by atoms with van der Waals surface area (Å²) in [7, 11) is -3.57. The Bertz CT molecular complexity index is 826. The molecule has 108 valence electrons. The highest BCUT2D eigenvalue weighted by Gasteiger charge is 2.24. The van der Waals surface area contributed by atoms with Crippen LogP contribution in [0.3, 0.4) is 0 Å². The fourth-order valence-corrected chi connectivity index (χ4v) is 3.85. The van der Waals surface area contributed by atoms with Gasteiger partial charge in [0.25, 0.3) is 0 Å². The third kappa shape index (κ3) is 2.86. The van der Waals surface area contributed by atoms with E-state index in [9.17, 15) is 8.42 Å². The van der Waals surface area contributed by atoms with E-state index >= 15 is 0 Å². The van der Waals surface area contributed by atoms with Crippen molar-refractivity contribution in [2.45, 2.75) is 4.90 Å². The fraction of sp³-hybridized carbons (Fsp3) is 0.0667. The second-order valence-electron chi connectivity index (χ2n) is 4.54. The Hall–Kier alpha value is -1.30. The minimum atomic E-state index is -3.57. The maximum absolute atomic E-state index is 12.6. The molecule has 21 heavy (non-hydrogen) atoms. The Morgan fingerprint density at radius 2 is 1.81 bits per heavy atom. The first-order chi connectivity index (χ1) is 9.96. The maximum atomic E-state index is 12.6. The van der Waals surface area contributed by atoms with E-state index in [1.807, 2.05) is 18.2 Å². The summed E-state index contributed by atoms with van der Waals surface area (Å²) in [4.78, 5) is 0.440. The Morgan fingerprint density at radius 1 is 1.10 bits per heavy atom. The molecular weight excluding hydrogens is 376 g/mol. The summed E-state index contributed by atoms with van der Waals surface area (Å²) in [5.41, 5.74) is 0.739. The van der Waals surface area contributed by atoms with Gasteiger partial charge in [0.15, 0.2) is 0 Å². The highest BCUT2D eigenvalue weighted by atomic mass is 79.9. The standard InChI is InChI=1S/C15H10BrClO3S/c16-11-1-6-15-10(7-11)8-14(9-20-15)21(18,19)13-4-2-12(17)3-5-13/h1-8H,9H2. The maximum Gasteiger partial charge on any atom is 0.206 e. The van der Waals surface area contributed by atoms with Gasteiger partial charge in [0.2, 0.25) is 9.84 Å². The summed E-state index contributed by atoms with van der Waals surface area (Å²) in [6, 6.07) is 11.6. The van der Waals surface area contributed by atoms with Crippen molar-refractivity contribution in [3.8, 4) is 5.75 Å². The zero-order valence-corrected chi connectivity index (χ0v) is 13.9. The monoisotopic (exact) mass is 384 g/mol. The lowest BCUT2D eigenvalue weighted by Crippen LogP contribution is -2.15. The molecule has 0 unspecified atom stereocenters. The Kier molecular flexibility index (Phi) is 3.82. The molecule has 0 aliphatic carbocycles. The van der Waals surface area contributed by atoms with Crippen molar-refractivity contribution in [1.82, 2.24) is 0 Å². The molecule has 0 atom stereocenters. The average molecular weight is 386 g/mol. The van der Waals surface area contributed by atoms with Gasteiger partial charge >= 0.3 is 0 Å². The van der Waals surface area contributed by atoms with Crippen LogP contribution in [-0.4, -0.2) is 15.0 Å². The molecule has 0 saturated carbocycles. The Morgan fingerprint density at radius 3 is 2.52 bits per heavy atom. The van der Waals surface area contributed by atoms with E-state index in [2.05, 4.69) is 15.9 Å². The molecule has 3 rings (SSSR count). The van der Waals surface area contributed by atoms with Crippen molar-refractivity contribution in [3.05, 3.63) is 62.4 Å². The first-order valence-corrected chi connectivity index (χ1v) is 8.76. The molecule has 0 N–H and O–H groups in total. The van der Waals surface area contributed by atoms with Crippen LogP contribution < -0.4 is 4.74 Å². The molecule has 1 aliphatic rings. The van der Waals surface area contributed by atoms with Gasteiger partial charge in [-0.25, -0.2) is 8.42 Å². The largest absolute Gasteiger partial charge is 0.488 e. The van der Waals surface area contributed by atoms with Crippen LogP contribution in [0.1, 0.15) is 5.56 Å². The zero-order chi connectivity index (χ0) is 15.0. The van der Waals surface area contributed by atoms with Crippen LogP contribution >= 0.6 is 27.5 Å². The van der Waals surface area contributed by atoms with Gasteiger partial charge in [-0.3, -0.25) is 0 Å². The highest BCUT2D eigenvalue weighted by molar-refractivity contribution is 9.10. The van der Waals surface area contributed by atoms with E-state index in [0.717, 1.165) is 10.0 Å². The number of ether oxygens (including phenoxy) is 1. The van der Waals surface area contributed by atoms with Gasteiger partial charge in [0.05, 0.1) is 9.80 Å². The van der Waals surface area contributed by atoms with E-state index in [4.69, 9.17) is 16.3 Å². The molecule has 1 aliphatic heterocycles. The smallest absolute Gasteiger partial charge is 0.206 e. The average Bonchev–Trinajstić information content (AvgIpc) is 2.47. The third-order valence-electron chi connectivity index (χ3n) is 3.13. The van der Waals surface area contributed by atoms with E-state index in [1.54, 1.807) is 18.2 Å². The quantitative estimate of drug-likeness (QED) is 0.773. The van der Waals surface area contributed by atoms with Crippen molar-refractivity contribution in [3.63, 3.8) is 0 Å². The van der Waals surface area contributed by atoms with Crippen LogP contribution in [-0.2, 0) is 9.84 Å². The fourth-order valence-electron chi connectivity index (χ4n) is 2.05. The summed E-state index contributed by atoms with van der Waals surface area (Å²) in [6.07, 6.45) is 1.65. The number of fused-ring (bicyclic) bond motifs is 1. The van der Waals surface area contributed by atoms with Gasteiger partial charge in [-0.15, -0.1) is 0 Å². The van der Waals surface area contributed by atoms with Gasteiger partial charge in [-0.1, -0.05) is 27.5 Å². The van der Waals surface area contributed by atoms with Crippen LogP contribution in [0.15, 0.2) is 56.7 Å². The van der Waals surface area contributed by atoms with E-state index in [0.29, 0.717) is 10.8 Å². The number of benzene rings is 2. The SMILES string of the molecule is O=S(=O)(C1=Cc2cc(Br)ccc2OC1)c1ccc(Cl)cc1. The lowest BCUT2D eigenvalue weighted by Gasteiger charge is -2.18. The molecule has 2 aromatic carbocycles. The molecule has 0 saturated heterocycles. The number of hydrogen-bond acceptors (Lipinski definition) is 3. The van der Waals surface area contributed by atoms with Crippen molar-refractivity contribution in [2.24, 2.45) is 0 Å². The minimum Gasteiger partial charge on any atom is -0.488 e. The molecule has 0 aromatic heterocycles. The van der Waals surface area contributed by atoms with Crippen molar-refractivity contribution >= 4 is 43.4 Å². The number of hydrogen-bond donors (Lipinski definition) is 0. The number of rotatable bonds is 2. The van der Waals surface area contributed by atoms with Crippen LogP contribution in [0.4, 0.5) is 0 Å². The van der Waals surface area contributed by atoms with Gasteiger partial charge in [0, 0.05) is 15.1 Å². The van der Waals surface area contributed by atoms with E-state index < -0.39 is 9.84 Å². The van der Waals surface area contributed by atoms with Gasteiger partial charge in [0.1, 0.15) is 12.4 Å². The van der Waals surface area contributed by atoms with Crippen LogP contribution in [0.5, 0.6) is 5.75 Å². The Balaban J connectivity index is 2.06. The van der Waals surface area contributed by atoms with Crippen molar-refractivity contribution < 1.29 is 13.2 Å². The lowest BCUT2D eigenvalue weighted by atomic mass is 10.1. The first kappa shape index (κ1) is 14.6.